The maximum atomic E-state index is 9.47. The Balaban J connectivity index is 1.58. The number of benzene rings is 1. The summed E-state index contributed by atoms with van der Waals surface area (Å²) >= 11 is 0. The van der Waals surface area contributed by atoms with Crippen LogP contribution in [0.3, 0.4) is 0 Å². The molecular weight excluding hydrogens is 302 g/mol. The number of nitrogens with two attached hydrogens (primary N) is 1. The van der Waals surface area contributed by atoms with Crippen molar-refractivity contribution < 1.29 is 14.6 Å². The predicted molar refractivity (Wildman–Crippen MR) is 95.2 cm³/mol. The number of fused-ring (bicyclic) bond motifs is 1. The van der Waals surface area contributed by atoms with Gasteiger partial charge in [-0.05, 0) is 67.1 Å². The highest BCUT2D eigenvalue weighted by molar-refractivity contribution is 5.36. The van der Waals surface area contributed by atoms with E-state index in [0.717, 1.165) is 38.7 Å². The van der Waals surface area contributed by atoms with Crippen LogP contribution in [0.15, 0.2) is 18.2 Å². The van der Waals surface area contributed by atoms with Crippen molar-refractivity contribution in [1.82, 2.24) is 0 Å². The van der Waals surface area contributed by atoms with Crippen LogP contribution in [0.2, 0.25) is 0 Å². The smallest absolute Gasteiger partial charge is 0.0700 e. The van der Waals surface area contributed by atoms with E-state index in [1.807, 2.05) is 0 Å². The summed E-state index contributed by atoms with van der Waals surface area (Å²) in [5.74, 6) is 1.13. The Morgan fingerprint density at radius 1 is 1.25 bits per heavy atom. The third-order valence-corrected chi connectivity index (χ3v) is 5.78. The first kappa shape index (κ1) is 17.9. The molecule has 0 saturated heterocycles. The van der Waals surface area contributed by atoms with E-state index in [1.54, 1.807) is 7.11 Å². The van der Waals surface area contributed by atoms with E-state index in [-0.39, 0.29) is 12.1 Å². The molecule has 0 bridgehead atoms. The van der Waals surface area contributed by atoms with E-state index in [1.165, 1.54) is 23.1 Å². The topological polar surface area (TPSA) is 64.7 Å². The molecule has 0 spiro atoms. The third-order valence-electron chi connectivity index (χ3n) is 5.78. The summed E-state index contributed by atoms with van der Waals surface area (Å²) in [7, 11) is 1.71. The summed E-state index contributed by atoms with van der Waals surface area (Å²) < 4.78 is 10.7. The monoisotopic (exact) mass is 333 g/mol. The fourth-order valence-corrected chi connectivity index (χ4v) is 4.22. The van der Waals surface area contributed by atoms with Gasteiger partial charge >= 0.3 is 0 Å². The van der Waals surface area contributed by atoms with Gasteiger partial charge in [-0.25, -0.2) is 0 Å². The second-order valence-electron chi connectivity index (χ2n) is 7.66. The largest absolute Gasteiger partial charge is 0.394 e. The molecule has 2 aliphatic rings. The summed E-state index contributed by atoms with van der Waals surface area (Å²) in [6.45, 7) is 2.29. The average molecular weight is 333 g/mol. The number of methoxy groups -OCH3 is 1. The molecule has 1 saturated carbocycles. The van der Waals surface area contributed by atoms with Gasteiger partial charge in [0.2, 0.25) is 0 Å². The van der Waals surface area contributed by atoms with E-state index >= 15 is 0 Å². The lowest BCUT2D eigenvalue weighted by molar-refractivity contribution is 0.0487. The van der Waals surface area contributed by atoms with Crippen LogP contribution >= 0.6 is 0 Å². The highest BCUT2D eigenvalue weighted by Gasteiger charge is 2.36. The second kappa shape index (κ2) is 7.96. The molecule has 0 aliphatic heterocycles. The minimum Gasteiger partial charge on any atom is -0.394 e. The van der Waals surface area contributed by atoms with Crippen molar-refractivity contribution in [3.63, 3.8) is 0 Å². The van der Waals surface area contributed by atoms with E-state index in [0.29, 0.717) is 25.0 Å². The van der Waals surface area contributed by atoms with E-state index < -0.39 is 0 Å². The summed E-state index contributed by atoms with van der Waals surface area (Å²) in [5, 5.41) is 9.47. The Morgan fingerprint density at radius 3 is 2.88 bits per heavy atom. The van der Waals surface area contributed by atoms with Gasteiger partial charge in [0.25, 0.3) is 0 Å². The Morgan fingerprint density at radius 2 is 2.12 bits per heavy atom. The van der Waals surface area contributed by atoms with Gasteiger partial charge in [-0.1, -0.05) is 18.2 Å². The lowest BCUT2D eigenvalue weighted by Gasteiger charge is -2.26. The minimum absolute atomic E-state index is 0.0964. The number of rotatable bonds is 7. The van der Waals surface area contributed by atoms with E-state index in [9.17, 15) is 5.11 Å². The summed E-state index contributed by atoms with van der Waals surface area (Å²) in [4.78, 5) is 0. The van der Waals surface area contributed by atoms with Crippen LogP contribution in [0, 0.1) is 5.92 Å². The molecule has 0 radical (unpaired) electrons. The fraction of sp³-hybridized carbons (Fsp3) is 0.700. The quantitative estimate of drug-likeness (QED) is 0.752. The number of aliphatic hydroxyl groups excluding tert-OH is 1. The van der Waals surface area contributed by atoms with Crippen molar-refractivity contribution >= 4 is 0 Å². The fourth-order valence-electron chi connectivity index (χ4n) is 4.22. The van der Waals surface area contributed by atoms with Gasteiger partial charge in [0.1, 0.15) is 0 Å². The van der Waals surface area contributed by atoms with Crippen molar-refractivity contribution in [2.45, 2.75) is 50.0 Å². The van der Waals surface area contributed by atoms with Gasteiger partial charge in [0.05, 0.1) is 19.8 Å². The summed E-state index contributed by atoms with van der Waals surface area (Å²) in [6, 6.07) is 6.98. The minimum atomic E-state index is -0.370. The van der Waals surface area contributed by atoms with Gasteiger partial charge in [-0.15, -0.1) is 0 Å². The molecule has 1 unspecified atom stereocenters. The first-order valence-electron chi connectivity index (χ1n) is 9.21. The molecular formula is C20H31NO3. The Kier molecular flexibility index (Phi) is 5.93. The van der Waals surface area contributed by atoms with Crippen LogP contribution in [-0.4, -0.2) is 44.2 Å². The molecule has 0 amide bonds. The molecule has 1 aromatic rings. The Labute approximate surface area is 145 Å². The van der Waals surface area contributed by atoms with Crippen molar-refractivity contribution in [2.24, 2.45) is 11.7 Å². The first-order valence-corrected chi connectivity index (χ1v) is 9.21. The van der Waals surface area contributed by atoms with Crippen LogP contribution in [0.5, 0.6) is 0 Å². The lowest BCUT2D eigenvalue weighted by Crippen LogP contribution is -2.40. The number of aliphatic hydroxyl groups is 1. The van der Waals surface area contributed by atoms with Crippen LogP contribution in [0.4, 0.5) is 0 Å². The van der Waals surface area contributed by atoms with Gasteiger partial charge in [-0.2, -0.15) is 0 Å². The molecule has 1 aromatic carbocycles. The molecule has 4 heteroatoms. The zero-order chi connectivity index (χ0) is 17.0. The molecule has 2 aliphatic carbocycles. The molecule has 1 fully saturated rings. The van der Waals surface area contributed by atoms with Crippen molar-refractivity contribution in [3.05, 3.63) is 34.9 Å². The summed E-state index contributed by atoms with van der Waals surface area (Å²) in [6.07, 6.45) is 6.37. The van der Waals surface area contributed by atoms with Gasteiger partial charge in [0.15, 0.2) is 0 Å². The number of hydrogen-bond donors (Lipinski definition) is 2. The van der Waals surface area contributed by atoms with E-state index in [2.05, 4.69) is 18.2 Å². The van der Waals surface area contributed by atoms with Crippen LogP contribution < -0.4 is 5.73 Å². The van der Waals surface area contributed by atoms with Gasteiger partial charge in [0, 0.05) is 19.3 Å². The molecule has 3 N–H and O–H groups in total. The van der Waals surface area contributed by atoms with Gasteiger partial charge in [-0.3, -0.25) is 0 Å². The van der Waals surface area contributed by atoms with Crippen molar-refractivity contribution in [1.29, 1.82) is 0 Å². The summed E-state index contributed by atoms with van der Waals surface area (Å²) in [5.41, 5.74) is 10.2. The Hall–Kier alpha value is -0.940. The standard InChI is InChI=1S/C20H31NO3/c1-23-8-9-24-13-15-2-3-17-11-18(5-4-16(17)10-15)19-6-7-20(21,12-19)14-22/h4-5,11,15,19,22H,2-3,6-10,12-14,21H2,1H3/t15?,19-,20+/m0/s1. The van der Waals surface area contributed by atoms with Crippen LogP contribution in [0.1, 0.15) is 48.3 Å². The maximum Gasteiger partial charge on any atom is 0.0700 e. The SMILES string of the molecule is COCCOCC1CCc2cc([C@H]3CC[C@](N)(CO)C3)ccc2C1. The zero-order valence-corrected chi connectivity index (χ0v) is 14.8. The predicted octanol–water partition coefficient (Wildman–Crippen LogP) is 2.41. The first-order chi connectivity index (χ1) is 11.6. The molecule has 3 rings (SSSR count). The second-order valence-corrected chi connectivity index (χ2v) is 7.66. The van der Waals surface area contributed by atoms with Crippen molar-refractivity contribution in [2.75, 3.05) is 33.5 Å². The normalized spacial score (nSPS) is 29.6. The molecule has 0 heterocycles. The van der Waals surface area contributed by atoms with Gasteiger partial charge < -0.3 is 20.3 Å². The third kappa shape index (κ3) is 4.17. The number of aryl methyl sites for hydroxylation is 1. The maximum absolute atomic E-state index is 9.47. The van der Waals surface area contributed by atoms with Crippen LogP contribution in [-0.2, 0) is 22.3 Å². The Bertz CT molecular complexity index is 548. The number of hydrogen-bond acceptors (Lipinski definition) is 4. The molecule has 24 heavy (non-hydrogen) atoms. The molecule has 0 aromatic heterocycles. The molecule has 4 nitrogen and oxygen atoms in total. The van der Waals surface area contributed by atoms with Crippen molar-refractivity contribution in [3.8, 4) is 0 Å². The average Bonchev–Trinajstić information content (AvgIpc) is 3.01. The highest BCUT2D eigenvalue weighted by Crippen LogP contribution is 2.40. The molecule has 3 atom stereocenters. The lowest BCUT2D eigenvalue weighted by atomic mass is 9.82. The molecule has 134 valence electrons. The van der Waals surface area contributed by atoms with E-state index in [4.69, 9.17) is 15.2 Å². The van der Waals surface area contributed by atoms with Crippen LogP contribution in [0.25, 0.3) is 0 Å². The number of ether oxygens (including phenoxy) is 2. The highest BCUT2D eigenvalue weighted by atomic mass is 16.5. The zero-order valence-electron chi connectivity index (χ0n) is 14.8.